The second kappa shape index (κ2) is 9.85. The predicted octanol–water partition coefficient (Wildman–Crippen LogP) is 4.53. The number of halogens is 1. The molecule has 1 saturated carbocycles. The van der Waals surface area contributed by atoms with Crippen molar-refractivity contribution in [2.75, 3.05) is 0 Å². The van der Waals surface area contributed by atoms with Crippen molar-refractivity contribution < 1.29 is 4.39 Å². The zero-order chi connectivity index (χ0) is 23.5. The van der Waals surface area contributed by atoms with Crippen LogP contribution in [-0.4, -0.2) is 30.1 Å². The average molecular weight is 461 g/mol. The molecule has 0 bridgehead atoms. The second-order valence-electron chi connectivity index (χ2n) is 9.15. The van der Waals surface area contributed by atoms with Gasteiger partial charge >= 0.3 is 0 Å². The molecule has 176 valence electrons. The van der Waals surface area contributed by atoms with Crippen LogP contribution in [-0.2, 0) is 26.1 Å². The Labute approximate surface area is 197 Å². The summed E-state index contributed by atoms with van der Waals surface area (Å²) in [6.07, 6.45) is 5.48. The van der Waals surface area contributed by atoms with Crippen molar-refractivity contribution in [3.05, 3.63) is 87.2 Å². The number of benzene rings is 2. The van der Waals surface area contributed by atoms with E-state index in [1.807, 2.05) is 22.9 Å². The molecule has 0 aliphatic heterocycles. The summed E-state index contributed by atoms with van der Waals surface area (Å²) in [6.45, 7) is 3.58. The zero-order valence-corrected chi connectivity index (χ0v) is 19.4. The number of rotatable bonds is 8. The molecule has 2 heterocycles. The van der Waals surface area contributed by atoms with Gasteiger partial charge in [0.15, 0.2) is 5.82 Å². The lowest BCUT2D eigenvalue weighted by Gasteiger charge is -2.23. The number of aryl methyl sites for hydroxylation is 1. The summed E-state index contributed by atoms with van der Waals surface area (Å²) >= 11 is 0. The third kappa shape index (κ3) is 4.92. The van der Waals surface area contributed by atoms with E-state index >= 15 is 0 Å². The topological polar surface area (TPSA) is 79.7 Å². The molecular formula is C26H29FN6O. The Morgan fingerprint density at radius 1 is 1.03 bits per heavy atom. The molecule has 4 aromatic rings. The summed E-state index contributed by atoms with van der Waals surface area (Å²) in [4.78, 5) is 18.1. The van der Waals surface area contributed by atoms with E-state index in [1.54, 1.807) is 12.1 Å². The number of nitrogens with one attached hydrogen (secondary N) is 1. The van der Waals surface area contributed by atoms with Gasteiger partial charge in [-0.25, -0.2) is 9.07 Å². The molecule has 5 rings (SSSR count). The lowest BCUT2D eigenvalue weighted by Crippen LogP contribution is -2.28. The summed E-state index contributed by atoms with van der Waals surface area (Å²) < 4.78 is 15.4. The molecule has 0 radical (unpaired) electrons. The molecule has 0 spiro atoms. The number of pyridine rings is 1. The molecule has 34 heavy (non-hydrogen) atoms. The first-order chi connectivity index (χ1) is 16.6. The van der Waals surface area contributed by atoms with Crippen LogP contribution in [0.3, 0.4) is 0 Å². The van der Waals surface area contributed by atoms with E-state index in [9.17, 15) is 9.18 Å². The Hall–Kier alpha value is -3.39. The summed E-state index contributed by atoms with van der Waals surface area (Å²) in [6, 6.07) is 14.9. The van der Waals surface area contributed by atoms with Gasteiger partial charge in [0.05, 0.1) is 12.6 Å². The molecule has 0 unspecified atom stereocenters. The second-order valence-corrected chi connectivity index (χ2v) is 9.15. The normalized spacial score (nSPS) is 14.4. The Bertz CT molecular complexity index is 1320. The highest BCUT2D eigenvalue weighted by Crippen LogP contribution is 2.29. The van der Waals surface area contributed by atoms with Crippen LogP contribution in [0.2, 0.25) is 0 Å². The molecule has 8 heteroatoms. The minimum atomic E-state index is -0.266. The van der Waals surface area contributed by atoms with Crippen LogP contribution < -0.4 is 5.56 Å². The highest BCUT2D eigenvalue weighted by atomic mass is 19.1. The van der Waals surface area contributed by atoms with Gasteiger partial charge in [-0.2, -0.15) is 0 Å². The lowest BCUT2D eigenvalue weighted by molar-refractivity contribution is 0.231. The van der Waals surface area contributed by atoms with E-state index < -0.39 is 0 Å². The maximum absolute atomic E-state index is 13.5. The highest BCUT2D eigenvalue weighted by molar-refractivity contribution is 5.79. The third-order valence-corrected chi connectivity index (χ3v) is 6.70. The highest BCUT2D eigenvalue weighted by Gasteiger charge is 2.23. The van der Waals surface area contributed by atoms with Gasteiger partial charge in [-0.15, -0.1) is 5.10 Å². The van der Waals surface area contributed by atoms with E-state index in [0.717, 1.165) is 41.6 Å². The van der Waals surface area contributed by atoms with Crippen molar-refractivity contribution >= 4 is 10.9 Å². The quantitative estimate of drug-likeness (QED) is 0.418. The number of aromatic amines is 1. The number of hydrogen-bond acceptors (Lipinski definition) is 5. The summed E-state index contributed by atoms with van der Waals surface area (Å²) in [5.41, 5.74) is 3.61. The summed E-state index contributed by atoms with van der Waals surface area (Å²) in [5, 5.41) is 13.5. The fourth-order valence-corrected chi connectivity index (χ4v) is 4.84. The third-order valence-electron chi connectivity index (χ3n) is 6.70. The number of aromatic nitrogens is 5. The van der Waals surface area contributed by atoms with Gasteiger partial charge in [-0.05, 0) is 76.5 Å². The molecule has 2 aromatic carbocycles. The van der Waals surface area contributed by atoms with Crippen LogP contribution in [0.1, 0.15) is 61.2 Å². The SMILES string of the molecule is CCc1ccc2[nH]c(=O)c(CN(Cc3ccc(F)cc3)Cc3nnnn3C3CCCC3)cc2c1. The Balaban J connectivity index is 1.46. The Morgan fingerprint density at radius 2 is 1.79 bits per heavy atom. The van der Waals surface area contributed by atoms with Gasteiger partial charge in [0.1, 0.15) is 5.82 Å². The van der Waals surface area contributed by atoms with E-state index in [4.69, 9.17) is 0 Å². The van der Waals surface area contributed by atoms with Gasteiger partial charge in [0.25, 0.3) is 5.56 Å². The van der Waals surface area contributed by atoms with Crippen LogP contribution in [0.4, 0.5) is 4.39 Å². The largest absolute Gasteiger partial charge is 0.322 e. The van der Waals surface area contributed by atoms with Gasteiger partial charge in [0.2, 0.25) is 0 Å². The molecule has 1 aliphatic carbocycles. The molecule has 1 fully saturated rings. The van der Waals surface area contributed by atoms with E-state index in [2.05, 4.69) is 38.4 Å². The first-order valence-corrected chi connectivity index (χ1v) is 12.0. The first-order valence-electron chi connectivity index (χ1n) is 12.0. The van der Waals surface area contributed by atoms with Crippen LogP contribution >= 0.6 is 0 Å². The van der Waals surface area contributed by atoms with Crippen molar-refractivity contribution in [1.82, 2.24) is 30.1 Å². The zero-order valence-electron chi connectivity index (χ0n) is 19.4. The molecular weight excluding hydrogens is 431 g/mol. The molecule has 0 saturated heterocycles. The average Bonchev–Trinajstić information content (AvgIpc) is 3.53. The molecule has 2 aromatic heterocycles. The van der Waals surface area contributed by atoms with E-state index in [0.29, 0.717) is 31.2 Å². The number of nitrogens with zero attached hydrogens (tertiary/aromatic N) is 5. The Kier molecular flexibility index (Phi) is 6.49. The van der Waals surface area contributed by atoms with Crippen molar-refractivity contribution in [3.63, 3.8) is 0 Å². The molecule has 1 N–H and O–H groups in total. The number of tetrazole rings is 1. The lowest BCUT2D eigenvalue weighted by atomic mass is 10.1. The number of H-pyrrole nitrogens is 1. The molecule has 0 atom stereocenters. The summed E-state index contributed by atoms with van der Waals surface area (Å²) in [7, 11) is 0. The van der Waals surface area contributed by atoms with Gasteiger partial charge in [-0.1, -0.05) is 38.0 Å². The van der Waals surface area contributed by atoms with E-state index in [-0.39, 0.29) is 11.4 Å². The predicted molar refractivity (Wildman–Crippen MR) is 129 cm³/mol. The molecule has 0 amide bonds. The van der Waals surface area contributed by atoms with Crippen molar-refractivity contribution in [1.29, 1.82) is 0 Å². The number of hydrogen-bond donors (Lipinski definition) is 1. The monoisotopic (exact) mass is 460 g/mol. The fraction of sp³-hybridized carbons (Fsp3) is 0.385. The van der Waals surface area contributed by atoms with Crippen molar-refractivity contribution in [3.8, 4) is 0 Å². The molecule has 1 aliphatic rings. The minimum Gasteiger partial charge on any atom is -0.322 e. The number of fused-ring (bicyclic) bond motifs is 1. The van der Waals surface area contributed by atoms with Crippen molar-refractivity contribution in [2.45, 2.75) is 64.7 Å². The molecule has 7 nitrogen and oxygen atoms in total. The van der Waals surface area contributed by atoms with Crippen LogP contribution in [0.15, 0.2) is 53.3 Å². The fourth-order valence-electron chi connectivity index (χ4n) is 4.84. The van der Waals surface area contributed by atoms with Crippen LogP contribution in [0.5, 0.6) is 0 Å². The van der Waals surface area contributed by atoms with E-state index in [1.165, 1.54) is 30.5 Å². The maximum Gasteiger partial charge on any atom is 0.252 e. The standard InChI is InChI=1S/C26H29FN6O/c1-2-18-9-12-24-20(13-18)14-21(26(34)28-24)16-32(15-19-7-10-22(27)11-8-19)17-25-29-30-31-33(25)23-5-3-4-6-23/h7-14,23H,2-6,15-17H2,1H3,(H,28,34). The van der Waals surface area contributed by atoms with Gasteiger partial charge in [0, 0.05) is 24.2 Å². The summed E-state index contributed by atoms with van der Waals surface area (Å²) in [5.74, 6) is 0.526. The van der Waals surface area contributed by atoms with Crippen LogP contribution in [0, 0.1) is 5.82 Å². The van der Waals surface area contributed by atoms with Gasteiger partial charge in [-0.3, -0.25) is 9.69 Å². The smallest absolute Gasteiger partial charge is 0.252 e. The van der Waals surface area contributed by atoms with Crippen LogP contribution in [0.25, 0.3) is 10.9 Å². The Morgan fingerprint density at radius 3 is 2.56 bits per heavy atom. The minimum absolute atomic E-state index is 0.101. The first kappa shape index (κ1) is 22.4. The van der Waals surface area contributed by atoms with Crippen molar-refractivity contribution in [2.24, 2.45) is 0 Å². The maximum atomic E-state index is 13.5. The van der Waals surface area contributed by atoms with Gasteiger partial charge < -0.3 is 4.98 Å².